The van der Waals surface area contributed by atoms with Crippen LogP contribution in [-0.2, 0) is 15.9 Å². The summed E-state index contributed by atoms with van der Waals surface area (Å²) < 4.78 is 42.0. The number of ether oxygens (including phenoxy) is 2. The summed E-state index contributed by atoms with van der Waals surface area (Å²) in [5.74, 6) is -1.24. The van der Waals surface area contributed by atoms with Crippen LogP contribution < -0.4 is 10.1 Å². The molecule has 2 heterocycles. The number of rotatable bonds is 5. The maximum Gasteiger partial charge on any atom is 0.300 e. The van der Waals surface area contributed by atoms with Gasteiger partial charge in [0.15, 0.2) is 5.82 Å². The number of hydrogen-bond donors (Lipinski definition) is 5. The second-order valence-corrected chi connectivity index (χ2v) is 10.2. The highest BCUT2D eigenvalue weighted by Gasteiger charge is 2.45. The van der Waals surface area contributed by atoms with E-state index < -0.39 is 35.5 Å². The Labute approximate surface area is 216 Å². The molecule has 0 amide bonds. The van der Waals surface area contributed by atoms with Crippen molar-refractivity contribution in [2.45, 2.75) is 57.0 Å². The Morgan fingerprint density at radius 3 is 2.39 bits per heavy atom. The largest absolute Gasteiger partial charge is 0.425 e. The lowest BCUT2D eigenvalue weighted by molar-refractivity contribution is -0.149. The van der Waals surface area contributed by atoms with Crippen molar-refractivity contribution in [2.75, 3.05) is 0 Å². The molecule has 0 radical (unpaired) electrons. The molecular weight excluding hydrogens is 496 g/mol. The van der Waals surface area contributed by atoms with Crippen LogP contribution in [0.4, 0.5) is 8.78 Å². The van der Waals surface area contributed by atoms with Crippen molar-refractivity contribution >= 4 is 11.0 Å². The van der Waals surface area contributed by atoms with E-state index in [-0.39, 0.29) is 22.6 Å². The van der Waals surface area contributed by atoms with E-state index in [4.69, 9.17) is 9.47 Å². The van der Waals surface area contributed by atoms with Crippen molar-refractivity contribution in [3.63, 3.8) is 0 Å². The second-order valence-electron chi connectivity index (χ2n) is 10.2. The Balaban J connectivity index is 1.32. The van der Waals surface area contributed by atoms with E-state index in [2.05, 4.69) is 15.3 Å². The summed E-state index contributed by atoms with van der Waals surface area (Å²) in [4.78, 5) is 7.05. The number of aromatic nitrogens is 2. The Morgan fingerprint density at radius 2 is 1.76 bits per heavy atom. The third-order valence-electron chi connectivity index (χ3n) is 7.69. The van der Waals surface area contributed by atoms with Crippen LogP contribution in [0.2, 0.25) is 0 Å². The average molecular weight is 524 g/mol. The van der Waals surface area contributed by atoms with Gasteiger partial charge in [0.1, 0.15) is 28.9 Å². The zero-order chi connectivity index (χ0) is 26.8. The molecule has 1 aliphatic heterocycles. The molecule has 3 aromatic carbocycles. The van der Waals surface area contributed by atoms with Gasteiger partial charge in [-0.05, 0) is 61.4 Å². The number of aromatic amines is 1. The van der Waals surface area contributed by atoms with E-state index in [1.54, 1.807) is 56.3 Å². The second kappa shape index (κ2) is 8.82. The van der Waals surface area contributed by atoms with Gasteiger partial charge in [0, 0.05) is 6.07 Å². The van der Waals surface area contributed by atoms with Crippen LogP contribution in [-0.4, -0.2) is 37.9 Å². The summed E-state index contributed by atoms with van der Waals surface area (Å²) in [5, 5.41) is 33.1. The molecule has 0 bridgehead atoms. The van der Waals surface area contributed by atoms with E-state index >= 15 is 8.78 Å². The van der Waals surface area contributed by atoms with Crippen LogP contribution in [0.25, 0.3) is 22.2 Å². The van der Waals surface area contributed by atoms with Gasteiger partial charge in [-0.3, -0.25) is 0 Å². The first-order valence-electron chi connectivity index (χ1n) is 12.4. The van der Waals surface area contributed by atoms with Crippen molar-refractivity contribution in [3.05, 3.63) is 76.9 Å². The number of aryl methyl sites for hydroxylation is 1. The average Bonchev–Trinajstić information content (AvgIpc) is 3.38. The zero-order valence-corrected chi connectivity index (χ0v) is 20.8. The maximum atomic E-state index is 15.6. The van der Waals surface area contributed by atoms with Crippen molar-refractivity contribution in [1.29, 1.82) is 0 Å². The Kier molecular flexibility index (Phi) is 5.78. The smallest absolute Gasteiger partial charge is 0.300 e. The van der Waals surface area contributed by atoms with Crippen molar-refractivity contribution in [1.82, 2.24) is 15.3 Å². The lowest BCUT2D eigenvalue weighted by Crippen LogP contribution is -2.38. The van der Waals surface area contributed by atoms with Gasteiger partial charge in [-0.15, -0.1) is 0 Å². The van der Waals surface area contributed by atoms with Crippen LogP contribution in [0.3, 0.4) is 0 Å². The van der Waals surface area contributed by atoms with E-state index in [9.17, 15) is 15.3 Å². The number of aliphatic hydroxyl groups is 3. The van der Waals surface area contributed by atoms with E-state index in [0.717, 1.165) is 17.5 Å². The highest BCUT2D eigenvalue weighted by atomic mass is 19.1. The molecule has 8 nitrogen and oxygen atoms in total. The normalized spacial score (nSPS) is 24.5. The molecule has 0 spiro atoms. The van der Waals surface area contributed by atoms with Gasteiger partial charge < -0.3 is 29.8 Å². The molecule has 1 aromatic heterocycles. The van der Waals surface area contributed by atoms with Crippen molar-refractivity contribution < 1.29 is 33.6 Å². The Morgan fingerprint density at radius 1 is 1.05 bits per heavy atom. The molecule has 1 aliphatic carbocycles. The predicted molar refractivity (Wildman–Crippen MR) is 134 cm³/mol. The molecule has 3 atom stereocenters. The first kappa shape index (κ1) is 24.9. The molecule has 1 saturated carbocycles. The van der Waals surface area contributed by atoms with Gasteiger partial charge >= 0.3 is 0 Å². The summed E-state index contributed by atoms with van der Waals surface area (Å²) in [7, 11) is 0. The van der Waals surface area contributed by atoms with Crippen LogP contribution in [0.5, 0.6) is 11.8 Å². The quantitative estimate of drug-likeness (QED) is 0.263. The maximum absolute atomic E-state index is 15.6. The topological polar surface area (TPSA) is 120 Å². The minimum absolute atomic E-state index is 0.0468. The van der Waals surface area contributed by atoms with E-state index in [1.807, 2.05) is 0 Å². The molecule has 2 fully saturated rings. The van der Waals surface area contributed by atoms with E-state index in [1.165, 1.54) is 6.07 Å². The number of nitrogens with zero attached hydrogens (tertiary/aromatic N) is 1. The predicted octanol–water partition coefficient (Wildman–Crippen LogP) is 4.41. The summed E-state index contributed by atoms with van der Waals surface area (Å²) in [6.07, 6.45) is -0.209. The minimum Gasteiger partial charge on any atom is -0.425 e. The van der Waals surface area contributed by atoms with Gasteiger partial charge in [0.2, 0.25) is 6.41 Å². The van der Waals surface area contributed by atoms with Crippen LogP contribution >= 0.6 is 0 Å². The monoisotopic (exact) mass is 523 g/mol. The third-order valence-corrected chi connectivity index (χ3v) is 7.69. The fraction of sp³-hybridized carbons (Fsp3) is 0.321. The number of aliphatic hydroxyl groups excluding tert-OH is 2. The van der Waals surface area contributed by atoms with Crippen LogP contribution in [0.15, 0.2) is 48.5 Å². The van der Waals surface area contributed by atoms with E-state index in [0.29, 0.717) is 29.7 Å². The van der Waals surface area contributed by atoms with Crippen molar-refractivity contribution in [2.24, 2.45) is 0 Å². The molecule has 5 N–H and O–H groups in total. The van der Waals surface area contributed by atoms with Gasteiger partial charge in [-0.1, -0.05) is 36.4 Å². The molecule has 38 heavy (non-hydrogen) atoms. The fourth-order valence-corrected chi connectivity index (χ4v) is 5.09. The van der Waals surface area contributed by atoms with Gasteiger partial charge in [0.05, 0.1) is 16.7 Å². The molecule has 10 heteroatoms. The fourth-order valence-electron chi connectivity index (χ4n) is 5.09. The van der Waals surface area contributed by atoms with Crippen LogP contribution in [0.1, 0.15) is 42.9 Å². The number of halogens is 2. The highest BCUT2D eigenvalue weighted by molar-refractivity contribution is 5.84. The number of imidazole rings is 1. The SMILES string of the molecule is Cc1ccc(C2(C)OC(O)NC2O)cc1Oc1nc2c(F)c(-c3ccc(C4(O)CCC4)cc3)c(F)cc2[nH]1. The zero-order valence-electron chi connectivity index (χ0n) is 20.8. The first-order valence-corrected chi connectivity index (χ1v) is 12.4. The summed E-state index contributed by atoms with van der Waals surface area (Å²) in [5.41, 5.74) is 0.0416. The number of H-pyrrole nitrogens is 1. The molecule has 6 rings (SSSR count). The summed E-state index contributed by atoms with van der Waals surface area (Å²) in [6.45, 7) is 3.42. The van der Waals surface area contributed by atoms with Crippen LogP contribution in [0, 0.1) is 18.6 Å². The number of nitrogens with one attached hydrogen (secondary N) is 2. The highest BCUT2D eigenvalue weighted by Crippen LogP contribution is 2.42. The Bertz CT molecular complexity index is 1540. The molecular formula is C28H27F2N3O5. The lowest BCUT2D eigenvalue weighted by atomic mass is 9.75. The standard InChI is InChI=1S/C28H27F2N3O5/c1-14-4-7-17(27(2)24(34)33-26(35)38-27)12-20(14)37-25-31-19-13-18(29)21(22(30)23(19)32-25)15-5-8-16(9-6-15)28(36)10-3-11-28/h4-9,12-13,24,26,33-36H,3,10-11H2,1-2H3,(H,31,32). The Hall–Kier alpha value is -3.41. The van der Waals surface area contributed by atoms with Gasteiger partial charge in [-0.2, -0.15) is 4.98 Å². The van der Waals surface area contributed by atoms with Gasteiger partial charge in [-0.25, -0.2) is 14.1 Å². The van der Waals surface area contributed by atoms with Crippen molar-refractivity contribution in [3.8, 4) is 22.9 Å². The minimum atomic E-state index is -1.33. The molecule has 198 valence electrons. The number of benzene rings is 3. The molecule has 3 unspecified atom stereocenters. The number of hydrogen-bond acceptors (Lipinski definition) is 7. The summed E-state index contributed by atoms with van der Waals surface area (Å²) in [6, 6.07) is 12.8. The number of fused-ring (bicyclic) bond motifs is 1. The third kappa shape index (κ3) is 3.96. The molecule has 4 aromatic rings. The summed E-state index contributed by atoms with van der Waals surface area (Å²) >= 11 is 0. The molecule has 1 saturated heterocycles. The lowest BCUT2D eigenvalue weighted by Gasteiger charge is -2.37. The van der Waals surface area contributed by atoms with Gasteiger partial charge in [0.25, 0.3) is 6.01 Å². The molecule has 2 aliphatic rings. The first-order chi connectivity index (χ1) is 18.1.